The molecule has 24 heavy (non-hydrogen) atoms. The second-order valence-corrected chi connectivity index (χ2v) is 9.53. The van der Waals surface area contributed by atoms with Crippen molar-refractivity contribution in [2.75, 3.05) is 6.61 Å². The van der Waals surface area contributed by atoms with Crippen molar-refractivity contribution in [3.8, 4) is 0 Å². The fourth-order valence-electron chi connectivity index (χ4n) is 2.75. The highest BCUT2D eigenvalue weighted by Gasteiger charge is 2.39. The summed E-state index contributed by atoms with van der Waals surface area (Å²) in [6.45, 7) is 9.79. The number of Topliss-reactive ketones (excluding diaryl/α,β-unsaturated/α-hetero) is 1. The Bertz CT molecular complexity index is 375. The van der Waals surface area contributed by atoms with E-state index in [4.69, 9.17) is 4.74 Å². The molecule has 142 valence electrons. The second kappa shape index (κ2) is 12.1. The fraction of sp³-hybridized carbons (Fsp3) is 0.900. The normalized spacial score (nSPS) is 14.2. The molecule has 0 spiro atoms. The Morgan fingerprint density at radius 1 is 0.875 bits per heavy atom. The highest BCUT2D eigenvalue weighted by Crippen LogP contribution is 2.35. The Morgan fingerprint density at radius 2 is 1.33 bits per heavy atom. The monoisotopic (exact) mass is 404 g/mol. The molecule has 0 aromatic carbocycles. The van der Waals surface area contributed by atoms with Crippen LogP contribution in [-0.4, -0.2) is 22.7 Å². The van der Waals surface area contributed by atoms with Gasteiger partial charge in [0, 0.05) is 5.41 Å². The average molecular weight is 405 g/mol. The molecular formula is C20H37BrO3. The topological polar surface area (TPSA) is 43.4 Å². The zero-order valence-corrected chi connectivity index (χ0v) is 18.0. The van der Waals surface area contributed by atoms with Crippen LogP contribution in [0, 0.1) is 5.41 Å². The minimum atomic E-state index is -0.804. The first-order valence-electron chi connectivity index (χ1n) is 9.50. The van der Waals surface area contributed by atoms with E-state index in [1.807, 2.05) is 13.8 Å². The van der Waals surface area contributed by atoms with Gasteiger partial charge < -0.3 is 4.74 Å². The average Bonchev–Trinajstić information content (AvgIpc) is 2.47. The predicted molar refractivity (Wildman–Crippen MR) is 105 cm³/mol. The number of ketones is 1. The molecular weight excluding hydrogens is 368 g/mol. The van der Waals surface area contributed by atoms with Gasteiger partial charge >= 0.3 is 5.97 Å². The zero-order chi connectivity index (χ0) is 18.6. The number of rotatable bonds is 14. The summed E-state index contributed by atoms with van der Waals surface area (Å²) in [6.07, 6.45) is 11.6. The molecule has 0 aliphatic rings. The summed E-state index contributed by atoms with van der Waals surface area (Å²) in [7, 11) is 0. The van der Waals surface area contributed by atoms with Gasteiger partial charge in [-0.2, -0.15) is 0 Å². The van der Waals surface area contributed by atoms with Gasteiger partial charge in [-0.15, -0.1) is 0 Å². The van der Waals surface area contributed by atoms with Gasteiger partial charge in [0.25, 0.3) is 0 Å². The van der Waals surface area contributed by atoms with E-state index in [-0.39, 0.29) is 11.8 Å². The number of alkyl halides is 1. The van der Waals surface area contributed by atoms with E-state index in [9.17, 15) is 9.59 Å². The lowest BCUT2D eigenvalue weighted by Crippen LogP contribution is -2.38. The maximum atomic E-state index is 12.2. The lowest BCUT2D eigenvalue weighted by atomic mass is 9.80. The summed E-state index contributed by atoms with van der Waals surface area (Å²) in [5.74, 6) is -0.184. The van der Waals surface area contributed by atoms with E-state index in [0.717, 1.165) is 12.8 Å². The summed E-state index contributed by atoms with van der Waals surface area (Å²) in [6, 6.07) is 0. The molecule has 0 bridgehead atoms. The first kappa shape index (κ1) is 23.6. The van der Waals surface area contributed by atoms with Crippen LogP contribution in [0.25, 0.3) is 0 Å². The molecule has 0 rings (SSSR count). The van der Waals surface area contributed by atoms with Gasteiger partial charge in [0.15, 0.2) is 0 Å². The zero-order valence-electron chi connectivity index (χ0n) is 16.4. The van der Waals surface area contributed by atoms with Crippen molar-refractivity contribution < 1.29 is 14.3 Å². The van der Waals surface area contributed by atoms with Crippen LogP contribution in [0.2, 0.25) is 0 Å². The van der Waals surface area contributed by atoms with Gasteiger partial charge in [-0.05, 0) is 26.7 Å². The van der Waals surface area contributed by atoms with Crippen LogP contribution in [0.1, 0.15) is 98.8 Å². The quantitative estimate of drug-likeness (QED) is 0.196. The number of esters is 1. The van der Waals surface area contributed by atoms with Crippen LogP contribution in [0.4, 0.5) is 0 Å². The molecule has 0 radical (unpaired) electrons. The smallest absolute Gasteiger partial charge is 0.322 e. The predicted octanol–water partition coefficient (Wildman–Crippen LogP) is 6.22. The molecule has 0 saturated carbocycles. The van der Waals surface area contributed by atoms with Crippen LogP contribution in [0.15, 0.2) is 0 Å². The van der Waals surface area contributed by atoms with Crippen LogP contribution in [0.5, 0.6) is 0 Å². The fourth-order valence-corrected chi connectivity index (χ4v) is 3.57. The van der Waals surface area contributed by atoms with Gasteiger partial charge in [0.2, 0.25) is 0 Å². The van der Waals surface area contributed by atoms with E-state index >= 15 is 0 Å². The molecule has 1 unspecified atom stereocenters. The van der Waals surface area contributed by atoms with Crippen molar-refractivity contribution in [2.24, 2.45) is 5.41 Å². The van der Waals surface area contributed by atoms with Crippen molar-refractivity contribution in [2.45, 2.75) is 103 Å². The number of halogens is 1. The molecule has 3 nitrogen and oxygen atoms in total. The molecule has 0 aliphatic carbocycles. The Morgan fingerprint density at radius 3 is 1.79 bits per heavy atom. The maximum absolute atomic E-state index is 12.2. The lowest BCUT2D eigenvalue weighted by Gasteiger charge is -2.30. The van der Waals surface area contributed by atoms with Crippen molar-refractivity contribution in [1.29, 1.82) is 0 Å². The Kier molecular flexibility index (Phi) is 11.9. The van der Waals surface area contributed by atoms with Crippen LogP contribution in [0.3, 0.4) is 0 Å². The van der Waals surface area contributed by atoms with Crippen LogP contribution in [-0.2, 0) is 14.3 Å². The molecule has 0 aliphatic heterocycles. The molecule has 0 heterocycles. The summed E-state index contributed by atoms with van der Waals surface area (Å²) in [5, 5.41) is 0. The van der Waals surface area contributed by atoms with Gasteiger partial charge in [-0.3, -0.25) is 9.59 Å². The molecule has 0 saturated heterocycles. The van der Waals surface area contributed by atoms with Crippen LogP contribution >= 0.6 is 15.9 Å². The number of carbonyl (C=O) groups is 2. The number of carbonyl (C=O) groups excluding carboxylic acids is 2. The van der Waals surface area contributed by atoms with E-state index in [1.165, 1.54) is 44.9 Å². The van der Waals surface area contributed by atoms with Gasteiger partial charge in [-0.1, -0.05) is 88.1 Å². The second-order valence-electron chi connectivity index (χ2n) is 7.78. The third-order valence-corrected chi connectivity index (χ3v) is 5.24. The van der Waals surface area contributed by atoms with E-state index in [2.05, 4.69) is 22.9 Å². The van der Waals surface area contributed by atoms with Crippen molar-refractivity contribution in [3.63, 3.8) is 0 Å². The molecule has 0 aromatic heterocycles. The highest BCUT2D eigenvalue weighted by molar-refractivity contribution is 9.10. The number of hydrogen-bond donors (Lipinski definition) is 0. The molecule has 0 N–H and O–H groups in total. The number of unbranched alkanes of at least 4 members (excludes halogenated alkanes) is 8. The van der Waals surface area contributed by atoms with Crippen molar-refractivity contribution in [3.05, 3.63) is 0 Å². The Labute approximate surface area is 157 Å². The van der Waals surface area contributed by atoms with Crippen molar-refractivity contribution in [1.82, 2.24) is 0 Å². The van der Waals surface area contributed by atoms with Gasteiger partial charge in [0.05, 0.1) is 6.61 Å². The molecule has 1 atom stereocenters. The van der Waals surface area contributed by atoms with Gasteiger partial charge in [-0.25, -0.2) is 0 Å². The molecule has 4 heteroatoms. The lowest BCUT2D eigenvalue weighted by molar-refractivity contribution is -0.147. The van der Waals surface area contributed by atoms with E-state index < -0.39 is 9.74 Å². The first-order chi connectivity index (χ1) is 11.1. The minimum Gasteiger partial charge on any atom is -0.465 e. The first-order valence-corrected chi connectivity index (χ1v) is 10.3. The Balaban J connectivity index is 3.83. The number of hydrogen-bond acceptors (Lipinski definition) is 3. The van der Waals surface area contributed by atoms with E-state index in [1.54, 1.807) is 13.8 Å². The summed E-state index contributed by atoms with van der Waals surface area (Å²) in [5.41, 5.74) is -0.533. The van der Waals surface area contributed by atoms with Crippen LogP contribution < -0.4 is 0 Å². The third kappa shape index (κ3) is 10.5. The van der Waals surface area contributed by atoms with Gasteiger partial charge in [0.1, 0.15) is 10.1 Å². The number of ether oxygens (including phenoxy) is 1. The highest BCUT2D eigenvalue weighted by atomic mass is 79.9. The summed E-state index contributed by atoms with van der Waals surface area (Å²) < 4.78 is 4.59. The molecule has 0 fully saturated rings. The Hall–Kier alpha value is -0.380. The molecule has 0 amide bonds. The minimum absolute atomic E-state index is 0.0833. The molecule has 0 aromatic rings. The SMILES string of the molecule is CCCCCCCCCCCOC(=O)C(C)(Br)CC(C)(C)C(C)=O. The summed E-state index contributed by atoms with van der Waals surface area (Å²) in [4.78, 5) is 23.9. The van der Waals surface area contributed by atoms with Crippen molar-refractivity contribution >= 4 is 27.7 Å². The standard InChI is InChI=1S/C20H37BrO3/c1-6-7-8-9-10-11-12-13-14-15-24-18(23)20(5,21)16-19(3,4)17(2)22/h6-16H2,1-5H3. The maximum Gasteiger partial charge on any atom is 0.322 e. The largest absolute Gasteiger partial charge is 0.465 e. The van der Waals surface area contributed by atoms with E-state index in [0.29, 0.717) is 13.0 Å². The third-order valence-electron chi connectivity index (χ3n) is 4.63. The summed E-state index contributed by atoms with van der Waals surface area (Å²) >= 11 is 3.45.